The molecule has 0 unspecified atom stereocenters. The largest absolute Gasteiger partial charge is 0.494 e. The first kappa shape index (κ1) is 24.0. The molecule has 1 saturated heterocycles. The summed E-state index contributed by atoms with van der Waals surface area (Å²) in [5.74, 6) is 1.71. The van der Waals surface area contributed by atoms with Gasteiger partial charge in [-0.1, -0.05) is 35.9 Å². The lowest BCUT2D eigenvalue weighted by molar-refractivity contribution is -0.128. The van der Waals surface area contributed by atoms with Gasteiger partial charge in [0.25, 0.3) is 5.91 Å². The fourth-order valence-corrected chi connectivity index (χ4v) is 5.08. The molecule has 2 amide bonds. The third kappa shape index (κ3) is 5.85. The zero-order chi connectivity index (χ0) is 23.9. The Morgan fingerprint density at radius 2 is 1.79 bits per heavy atom. The number of nitrogens with one attached hydrogen (secondary N) is 1. The van der Waals surface area contributed by atoms with E-state index in [9.17, 15) is 9.59 Å². The number of carbonyl (C=O) groups excluding carboxylic acids is 2. The molecular weight excluding hydrogens is 472 g/mol. The number of ether oxygens (including phenoxy) is 2. The second-order valence-corrected chi connectivity index (χ2v) is 9.04. The Morgan fingerprint density at radius 1 is 1.06 bits per heavy atom. The number of benzene rings is 3. The van der Waals surface area contributed by atoms with Crippen LogP contribution in [0.3, 0.4) is 0 Å². The topological polar surface area (TPSA) is 67.9 Å². The Morgan fingerprint density at radius 3 is 2.53 bits per heavy atom. The summed E-state index contributed by atoms with van der Waals surface area (Å²) < 4.78 is 11.3. The Hall–Kier alpha value is -3.16. The van der Waals surface area contributed by atoms with Crippen LogP contribution < -0.4 is 14.8 Å². The van der Waals surface area contributed by atoms with Gasteiger partial charge in [-0.25, -0.2) is 0 Å². The van der Waals surface area contributed by atoms with E-state index in [1.54, 1.807) is 36.0 Å². The van der Waals surface area contributed by atoms with Crippen LogP contribution in [0.4, 0.5) is 5.69 Å². The third-order valence-corrected chi connectivity index (χ3v) is 6.84. The molecule has 1 aliphatic rings. The summed E-state index contributed by atoms with van der Waals surface area (Å²) in [4.78, 5) is 27.0. The van der Waals surface area contributed by atoms with Crippen molar-refractivity contribution in [2.75, 3.05) is 30.8 Å². The molecule has 1 fully saturated rings. The van der Waals surface area contributed by atoms with Crippen molar-refractivity contribution in [3.8, 4) is 11.5 Å². The summed E-state index contributed by atoms with van der Waals surface area (Å²) >= 11 is 7.71. The van der Waals surface area contributed by atoms with E-state index in [-0.39, 0.29) is 17.2 Å². The van der Waals surface area contributed by atoms with Crippen molar-refractivity contribution in [3.63, 3.8) is 0 Å². The van der Waals surface area contributed by atoms with Crippen molar-refractivity contribution in [1.29, 1.82) is 0 Å². The molecule has 4 rings (SSSR count). The van der Waals surface area contributed by atoms with Gasteiger partial charge < -0.3 is 19.7 Å². The molecule has 34 heavy (non-hydrogen) atoms. The maximum Gasteiger partial charge on any atom is 0.257 e. The molecule has 1 aliphatic heterocycles. The van der Waals surface area contributed by atoms with E-state index in [0.29, 0.717) is 41.8 Å². The molecule has 0 aliphatic carbocycles. The normalized spacial score (nSPS) is 15.3. The predicted molar refractivity (Wildman–Crippen MR) is 136 cm³/mol. The van der Waals surface area contributed by atoms with E-state index in [4.69, 9.17) is 21.1 Å². The van der Waals surface area contributed by atoms with E-state index < -0.39 is 0 Å². The van der Waals surface area contributed by atoms with Gasteiger partial charge in [0.2, 0.25) is 5.91 Å². The van der Waals surface area contributed by atoms with Crippen molar-refractivity contribution in [2.24, 2.45) is 0 Å². The minimum absolute atomic E-state index is 0.0656. The van der Waals surface area contributed by atoms with E-state index in [1.807, 2.05) is 60.4 Å². The van der Waals surface area contributed by atoms with Crippen molar-refractivity contribution in [3.05, 3.63) is 88.9 Å². The molecule has 1 heterocycles. The molecular formula is C26H25ClN2O4S. The lowest BCUT2D eigenvalue weighted by Crippen LogP contribution is -2.32. The Labute approximate surface area is 208 Å². The van der Waals surface area contributed by atoms with E-state index in [0.717, 1.165) is 17.1 Å². The standard InChI is InChI=1S/C26H25ClN2O4S/c1-2-32-20-10-12-21(13-11-20)33-15-14-29-24(30)17-34-26(29)18-6-5-7-19(16-18)28-25(31)22-8-3-4-9-23(22)27/h3-13,16,26H,2,14-15,17H2,1H3,(H,28,31)/t26-/m0/s1. The van der Waals surface area contributed by atoms with Crippen LogP contribution in [0, 0.1) is 0 Å². The lowest BCUT2D eigenvalue weighted by Gasteiger charge is -2.24. The number of carbonyl (C=O) groups is 2. The number of rotatable bonds is 9. The van der Waals surface area contributed by atoms with Crippen LogP contribution in [0.25, 0.3) is 0 Å². The smallest absolute Gasteiger partial charge is 0.257 e. The molecule has 6 nitrogen and oxygen atoms in total. The van der Waals surface area contributed by atoms with Crippen LogP contribution in [-0.2, 0) is 4.79 Å². The molecule has 0 spiro atoms. The molecule has 8 heteroatoms. The summed E-state index contributed by atoms with van der Waals surface area (Å²) in [6.07, 6.45) is 0. The van der Waals surface area contributed by atoms with Crippen LogP contribution in [0.2, 0.25) is 5.02 Å². The van der Waals surface area contributed by atoms with Gasteiger partial charge in [-0.3, -0.25) is 9.59 Å². The summed E-state index contributed by atoms with van der Waals surface area (Å²) in [6, 6.07) is 21.9. The third-order valence-electron chi connectivity index (χ3n) is 5.25. The molecule has 176 valence electrons. The van der Waals surface area contributed by atoms with Crippen molar-refractivity contribution in [1.82, 2.24) is 4.90 Å². The van der Waals surface area contributed by atoms with Gasteiger partial charge in [0.05, 0.1) is 29.5 Å². The number of hydrogen-bond acceptors (Lipinski definition) is 5. The molecule has 0 saturated carbocycles. The van der Waals surface area contributed by atoms with Crippen LogP contribution in [0.1, 0.15) is 28.2 Å². The first-order chi connectivity index (χ1) is 16.5. The van der Waals surface area contributed by atoms with Gasteiger partial charge in [0.15, 0.2) is 0 Å². The number of amides is 2. The molecule has 0 bridgehead atoms. The Kier molecular flexibility index (Phi) is 7.98. The summed E-state index contributed by atoms with van der Waals surface area (Å²) in [5.41, 5.74) is 2.00. The maximum atomic E-state index is 12.6. The molecule has 3 aromatic rings. The zero-order valence-corrected chi connectivity index (χ0v) is 20.3. The predicted octanol–water partition coefficient (Wildman–Crippen LogP) is 5.64. The van der Waals surface area contributed by atoms with Crippen molar-refractivity contribution in [2.45, 2.75) is 12.3 Å². The minimum atomic E-state index is -0.279. The highest BCUT2D eigenvalue weighted by atomic mass is 35.5. The Balaban J connectivity index is 1.39. The van der Waals surface area contributed by atoms with E-state index in [1.165, 1.54) is 0 Å². The van der Waals surface area contributed by atoms with Gasteiger partial charge in [0, 0.05) is 5.69 Å². The average Bonchev–Trinajstić information content (AvgIpc) is 3.21. The monoisotopic (exact) mass is 496 g/mol. The van der Waals surface area contributed by atoms with Gasteiger partial charge >= 0.3 is 0 Å². The van der Waals surface area contributed by atoms with Crippen LogP contribution in [0.5, 0.6) is 11.5 Å². The first-order valence-corrected chi connectivity index (χ1v) is 12.4. The molecule has 1 N–H and O–H groups in total. The van der Waals surface area contributed by atoms with Crippen molar-refractivity contribution >= 4 is 40.9 Å². The fourth-order valence-electron chi connectivity index (χ4n) is 3.65. The maximum absolute atomic E-state index is 12.6. The van der Waals surface area contributed by atoms with Crippen LogP contribution >= 0.6 is 23.4 Å². The van der Waals surface area contributed by atoms with Gasteiger partial charge in [0.1, 0.15) is 23.5 Å². The molecule has 1 atom stereocenters. The molecule has 0 radical (unpaired) electrons. The number of thioether (sulfide) groups is 1. The Bertz CT molecular complexity index is 1160. The van der Waals surface area contributed by atoms with Crippen LogP contribution in [0.15, 0.2) is 72.8 Å². The van der Waals surface area contributed by atoms with E-state index >= 15 is 0 Å². The minimum Gasteiger partial charge on any atom is -0.494 e. The number of halogens is 1. The van der Waals surface area contributed by atoms with Crippen LogP contribution in [-0.4, -0.2) is 42.2 Å². The second kappa shape index (κ2) is 11.3. The van der Waals surface area contributed by atoms with Gasteiger partial charge in [-0.15, -0.1) is 11.8 Å². The first-order valence-electron chi connectivity index (χ1n) is 11.0. The highest BCUT2D eigenvalue weighted by molar-refractivity contribution is 8.00. The van der Waals surface area contributed by atoms with Gasteiger partial charge in [-0.05, 0) is 61.0 Å². The number of hydrogen-bond donors (Lipinski definition) is 1. The molecule has 3 aromatic carbocycles. The summed E-state index contributed by atoms with van der Waals surface area (Å²) in [7, 11) is 0. The average molecular weight is 497 g/mol. The fraction of sp³-hybridized carbons (Fsp3) is 0.231. The lowest BCUT2D eigenvalue weighted by atomic mass is 10.1. The van der Waals surface area contributed by atoms with E-state index in [2.05, 4.69) is 5.32 Å². The molecule has 0 aromatic heterocycles. The highest BCUT2D eigenvalue weighted by Crippen LogP contribution is 2.39. The highest BCUT2D eigenvalue weighted by Gasteiger charge is 2.32. The van der Waals surface area contributed by atoms with Gasteiger partial charge in [-0.2, -0.15) is 0 Å². The number of anilines is 1. The second-order valence-electron chi connectivity index (χ2n) is 7.56. The SMILES string of the molecule is CCOc1ccc(OCCN2C(=O)CS[C@H]2c2cccc(NC(=O)c3ccccc3Cl)c2)cc1. The quantitative estimate of drug-likeness (QED) is 0.415. The summed E-state index contributed by atoms with van der Waals surface area (Å²) in [5, 5.41) is 3.15. The van der Waals surface area contributed by atoms with Crippen molar-refractivity contribution < 1.29 is 19.1 Å². The zero-order valence-electron chi connectivity index (χ0n) is 18.7. The number of nitrogens with zero attached hydrogens (tertiary/aromatic N) is 1. The summed E-state index contributed by atoms with van der Waals surface area (Å²) in [6.45, 7) is 3.38.